The van der Waals surface area contributed by atoms with Crippen LogP contribution < -0.4 is 0 Å². The first kappa shape index (κ1) is 5.36. The maximum Gasteiger partial charge on any atom is 0.260 e. The van der Waals surface area contributed by atoms with Gasteiger partial charge in [0, 0.05) is 6.26 Å². The number of hydrogen-bond donors (Lipinski definition) is 1. The van der Waals surface area contributed by atoms with E-state index < -0.39 is 10.8 Å². The summed E-state index contributed by atoms with van der Waals surface area (Å²) >= 11 is 0. The smallest absolute Gasteiger partial charge is 0.251 e. The van der Waals surface area contributed by atoms with Crippen molar-refractivity contribution in [1.82, 2.24) is 20.6 Å². The van der Waals surface area contributed by atoms with Crippen molar-refractivity contribution in [1.29, 1.82) is 0 Å². The van der Waals surface area contributed by atoms with E-state index in [0.29, 0.717) is 0 Å². The molecule has 0 aromatic carbocycles. The van der Waals surface area contributed by atoms with Gasteiger partial charge in [-0.3, -0.25) is 4.21 Å². The average Bonchev–Trinajstić information content (AvgIpc) is 2.12. The van der Waals surface area contributed by atoms with E-state index in [9.17, 15) is 4.21 Å². The van der Waals surface area contributed by atoms with Gasteiger partial charge in [0.2, 0.25) is 0 Å². The number of tetrazole rings is 1. The Bertz CT molecular complexity index is 182. The predicted octanol–water partition coefficient (Wildman–Crippen LogP) is -1.06. The first-order valence-electron chi connectivity index (χ1n) is 1.87. The van der Waals surface area contributed by atoms with Crippen molar-refractivity contribution in [2.45, 2.75) is 5.16 Å². The highest BCUT2D eigenvalue weighted by Crippen LogP contribution is 1.86. The molecule has 0 spiro atoms. The topological polar surface area (TPSA) is 71.5 Å². The van der Waals surface area contributed by atoms with Crippen molar-refractivity contribution in [2.24, 2.45) is 0 Å². The van der Waals surface area contributed by atoms with Gasteiger partial charge in [-0.25, -0.2) is 0 Å². The van der Waals surface area contributed by atoms with Crippen LogP contribution in [0.3, 0.4) is 0 Å². The van der Waals surface area contributed by atoms with Gasteiger partial charge in [0.25, 0.3) is 5.16 Å². The number of hydrogen-bond acceptors (Lipinski definition) is 4. The van der Waals surface area contributed by atoms with Gasteiger partial charge in [0.1, 0.15) is 0 Å². The number of rotatable bonds is 1. The van der Waals surface area contributed by atoms with E-state index >= 15 is 0 Å². The Morgan fingerprint density at radius 2 is 2.50 bits per heavy atom. The van der Waals surface area contributed by atoms with Crippen LogP contribution in [0.4, 0.5) is 0 Å². The zero-order chi connectivity index (χ0) is 5.98. The standard InChI is InChI=1S/C2H4N4OS/c1-8(7)2-3-5-6-4-2/h1H3,(H,3,4,5,6). The molecule has 0 radical (unpaired) electrons. The highest BCUT2D eigenvalue weighted by atomic mass is 32.2. The lowest BCUT2D eigenvalue weighted by Crippen LogP contribution is -1.88. The Kier molecular flexibility index (Phi) is 1.34. The highest BCUT2D eigenvalue weighted by molar-refractivity contribution is 7.84. The summed E-state index contributed by atoms with van der Waals surface area (Å²) in [5, 5.41) is 12.6. The van der Waals surface area contributed by atoms with Gasteiger partial charge in [-0.1, -0.05) is 5.10 Å². The quantitative estimate of drug-likeness (QED) is 0.528. The van der Waals surface area contributed by atoms with Crippen LogP contribution in [0, 0.1) is 0 Å². The zero-order valence-corrected chi connectivity index (χ0v) is 4.97. The summed E-state index contributed by atoms with van der Waals surface area (Å²) in [4.78, 5) is 0. The van der Waals surface area contributed by atoms with E-state index in [1.807, 2.05) is 0 Å². The largest absolute Gasteiger partial charge is 0.260 e. The fraction of sp³-hybridized carbons (Fsp3) is 0.500. The van der Waals surface area contributed by atoms with Gasteiger partial charge >= 0.3 is 0 Å². The van der Waals surface area contributed by atoms with Crippen molar-refractivity contribution in [2.75, 3.05) is 6.26 Å². The van der Waals surface area contributed by atoms with Crippen LogP contribution in [-0.4, -0.2) is 31.1 Å². The van der Waals surface area contributed by atoms with Crippen molar-refractivity contribution < 1.29 is 4.21 Å². The molecule has 0 aliphatic rings. The van der Waals surface area contributed by atoms with Crippen molar-refractivity contribution in [3.63, 3.8) is 0 Å². The number of H-pyrrole nitrogens is 1. The highest BCUT2D eigenvalue weighted by Gasteiger charge is 1.98. The third-order valence-electron chi connectivity index (χ3n) is 0.583. The summed E-state index contributed by atoms with van der Waals surface area (Å²) < 4.78 is 10.4. The lowest BCUT2D eigenvalue weighted by Gasteiger charge is -1.76. The van der Waals surface area contributed by atoms with E-state index in [2.05, 4.69) is 20.6 Å². The zero-order valence-electron chi connectivity index (χ0n) is 4.16. The summed E-state index contributed by atoms with van der Waals surface area (Å²) in [6.07, 6.45) is 1.49. The molecule has 1 rings (SSSR count). The predicted molar refractivity (Wildman–Crippen MR) is 26.5 cm³/mol. The molecule has 1 unspecified atom stereocenters. The molecule has 44 valence electrons. The Morgan fingerprint density at radius 1 is 1.75 bits per heavy atom. The molecule has 0 bridgehead atoms. The molecule has 0 saturated carbocycles. The van der Waals surface area contributed by atoms with E-state index in [1.165, 1.54) is 6.26 Å². The lowest BCUT2D eigenvalue weighted by molar-refractivity contribution is 0.680. The molecule has 1 N–H and O–H groups in total. The Labute approximate surface area is 47.9 Å². The van der Waals surface area contributed by atoms with Crippen LogP contribution >= 0.6 is 0 Å². The van der Waals surface area contributed by atoms with Crippen LogP contribution in [0.2, 0.25) is 0 Å². The van der Waals surface area contributed by atoms with E-state index in [4.69, 9.17) is 0 Å². The third kappa shape index (κ3) is 0.890. The molecule has 1 aromatic heterocycles. The Morgan fingerprint density at radius 3 is 2.75 bits per heavy atom. The van der Waals surface area contributed by atoms with Crippen LogP contribution in [-0.2, 0) is 10.8 Å². The molecule has 5 nitrogen and oxygen atoms in total. The minimum Gasteiger partial charge on any atom is -0.251 e. The van der Waals surface area contributed by atoms with Crippen LogP contribution in [0.25, 0.3) is 0 Å². The summed E-state index contributed by atoms with van der Waals surface area (Å²) in [5.41, 5.74) is 0. The normalized spacial score (nSPS) is 13.6. The monoisotopic (exact) mass is 132 g/mol. The third-order valence-corrected chi connectivity index (χ3v) is 1.27. The van der Waals surface area contributed by atoms with Gasteiger partial charge in [0.15, 0.2) is 0 Å². The van der Waals surface area contributed by atoms with Crippen LogP contribution in [0.1, 0.15) is 0 Å². The molecule has 1 heterocycles. The van der Waals surface area contributed by atoms with Crippen LogP contribution in [0.5, 0.6) is 0 Å². The number of nitrogens with zero attached hydrogens (tertiary/aromatic N) is 3. The Balaban J connectivity index is 2.93. The molecule has 0 aliphatic heterocycles. The second-order valence-electron chi connectivity index (χ2n) is 1.15. The van der Waals surface area contributed by atoms with Gasteiger partial charge in [-0.05, 0) is 5.21 Å². The van der Waals surface area contributed by atoms with Crippen molar-refractivity contribution in [3.05, 3.63) is 0 Å². The SMILES string of the molecule is CS(=O)c1nn[nH]n1. The number of aromatic nitrogens is 4. The minimum absolute atomic E-state index is 0.241. The van der Waals surface area contributed by atoms with E-state index in [-0.39, 0.29) is 5.16 Å². The molecular formula is C2H4N4OS. The van der Waals surface area contributed by atoms with Crippen LogP contribution in [0.15, 0.2) is 5.16 Å². The summed E-state index contributed by atoms with van der Waals surface area (Å²) in [7, 11) is -1.11. The number of aromatic amines is 1. The van der Waals surface area contributed by atoms with Crippen molar-refractivity contribution in [3.8, 4) is 0 Å². The molecule has 0 saturated heterocycles. The van der Waals surface area contributed by atoms with Gasteiger partial charge < -0.3 is 0 Å². The fourth-order valence-corrected chi connectivity index (χ4v) is 0.600. The Hall–Kier alpha value is -0.780. The molecular weight excluding hydrogens is 128 g/mol. The first-order chi connectivity index (χ1) is 3.80. The minimum atomic E-state index is -1.11. The molecule has 8 heavy (non-hydrogen) atoms. The lowest BCUT2D eigenvalue weighted by atomic mass is 11.4. The number of nitrogens with one attached hydrogen (secondary N) is 1. The molecule has 1 atom stereocenters. The fourth-order valence-electron chi connectivity index (χ4n) is 0.274. The van der Waals surface area contributed by atoms with Gasteiger partial charge in [-0.15, -0.1) is 5.10 Å². The molecule has 0 fully saturated rings. The average molecular weight is 132 g/mol. The maximum absolute atomic E-state index is 10.4. The summed E-state index contributed by atoms with van der Waals surface area (Å²) in [5.74, 6) is 0. The van der Waals surface area contributed by atoms with Crippen molar-refractivity contribution >= 4 is 10.8 Å². The molecule has 0 amide bonds. The van der Waals surface area contributed by atoms with Gasteiger partial charge in [-0.2, -0.15) is 5.21 Å². The van der Waals surface area contributed by atoms with E-state index in [1.54, 1.807) is 0 Å². The first-order valence-corrected chi connectivity index (χ1v) is 3.43. The van der Waals surface area contributed by atoms with Gasteiger partial charge in [0.05, 0.1) is 10.8 Å². The second kappa shape index (κ2) is 1.99. The molecule has 1 aromatic rings. The molecule has 6 heteroatoms. The second-order valence-corrected chi connectivity index (χ2v) is 2.42. The van der Waals surface area contributed by atoms with E-state index in [0.717, 1.165) is 0 Å². The molecule has 0 aliphatic carbocycles. The maximum atomic E-state index is 10.4. The summed E-state index contributed by atoms with van der Waals surface area (Å²) in [6, 6.07) is 0. The summed E-state index contributed by atoms with van der Waals surface area (Å²) in [6.45, 7) is 0.